The maximum absolute atomic E-state index is 6.10. The third kappa shape index (κ3) is 3.37. The van der Waals surface area contributed by atoms with Crippen LogP contribution in [0.1, 0.15) is 24.4 Å². The third-order valence-corrected chi connectivity index (χ3v) is 5.29. The molecule has 2 aliphatic rings. The summed E-state index contributed by atoms with van der Waals surface area (Å²) in [5.74, 6) is 0. The van der Waals surface area contributed by atoms with Crippen LogP contribution < -0.4 is 5.32 Å². The Morgan fingerprint density at radius 3 is 2.95 bits per heavy atom. The lowest BCUT2D eigenvalue weighted by Gasteiger charge is -2.39. The number of hydrogen-bond donors (Lipinski definition) is 1. The smallest absolute Gasteiger partial charge is 0.0896 e. The molecule has 1 saturated carbocycles. The number of nitrogens with one attached hydrogen (secondary N) is 1. The quantitative estimate of drug-likeness (QED) is 0.893. The molecule has 0 amide bonds. The summed E-state index contributed by atoms with van der Waals surface area (Å²) >= 11 is 9.62. The summed E-state index contributed by atoms with van der Waals surface area (Å²) < 4.78 is 6.96. The fraction of sp³-hybridized carbons (Fsp3) is 0.600. The highest BCUT2D eigenvalue weighted by atomic mass is 79.9. The first-order chi connectivity index (χ1) is 9.65. The van der Waals surface area contributed by atoms with Crippen LogP contribution in [-0.2, 0) is 4.74 Å². The summed E-state index contributed by atoms with van der Waals surface area (Å²) in [7, 11) is 2.17. The standard InChI is InChI=1S/C15H20BrClN2O/c1-19-6-7-20-14(9-18-11-3-4-11)15(19)10-2-5-13(17)12(16)8-10/h2,5,8,11,14-15,18H,3-4,6-7,9H2,1H3. The van der Waals surface area contributed by atoms with Gasteiger partial charge in [0.05, 0.1) is 23.8 Å². The van der Waals surface area contributed by atoms with Gasteiger partial charge in [0.25, 0.3) is 0 Å². The van der Waals surface area contributed by atoms with Crippen molar-refractivity contribution in [2.24, 2.45) is 0 Å². The van der Waals surface area contributed by atoms with Gasteiger partial charge in [-0.25, -0.2) is 0 Å². The van der Waals surface area contributed by atoms with Crippen LogP contribution in [0.2, 0.25) is 5.02 Å². The van der Waals surface area contributed by atoms with Crippen molar-refractivity contribution in [3.8, 4) is 0 Å². The Bertz CT molecular complexity index is 481. The van der Waals surface area contributed by atoms with Crippen LogP contribution in [-0.4, -0.2) is 43.8 Å². The first-order valence-corrected chi connectivity index (χ1v) is 8.32. The van der Waals surface area contributed by atoms with Gasteiger partial charge in [-0.15, -0.1) is 0 Å². The van der Waals surface area contributed by atoms with Crippen LogP contribution in [0.25, 0.3) is 0 Å². The first-order valence-electron chi connectivity index (χ1n) is 7.15. The van der Waals surface area contributed by atoms with Gasteiger partial charge in [0.15, 0.2) is 0 Å². The zero-order valence-electron chi connectivity index (χ0n) is 11.6. The van der Waals surface area contributed by atoms with Crippen molar-refractivity contribution in [1.29, 1.82) is 0 Å². The van der Waals surface area contributed by atoms with E-state index in [1.165, 1.54) is 18.4 Å². The molecule has 1 aliphatic carbocycles. The van der Waals surface area contributed by atoms with Gasteiger partial charge in [0.2, 0.25) is 0 Å². The lowest BCUT2D eigenvalue weighted by Crippen LogP contribution is -2.47. The predicted octanol–water partition coefficient (Wildman–Crippen LogP) is 3.23. The lowest BCUT2D eigenvalue weighted by atomic mass is 9.98. The fourth-order valence-corrected chi connectivity index (χ4v) is 3.28. The van der Waals surface area contributed by atoms with Crippen LogP contribution in [0.5, 0.6) is 0 Å². The highest BCUT2D eigenvalue weighted by Gasteiger charge is 2.33. The molecular formula is C15H20BrClN2O. The molecule has 2 unspecified atom stereocenters. The second-order valence-electron chi connectivity index (χ2n) is 5.69. The number of ether oxygens (including phenoxy) is 1. The second kappa shape index (κ2) is 6.32. The molecular weight excluding hydrogens is 340 g/mol. The maximum atomic E-state index is 6.10. The summed E-state index contributed by atoms with van der Waals surface area (Å²) in [6.07, 6.45) is 2.81. The first kappa shape index (κ1) is 14.8. The Morgan fingerprint density at radius 1 is 1.45 bits per heavy atom. The van der Waals surface area contributed by atoms with Crippen LogP contribution in [0.3, 0.4) is 0 Å². The van der Waals surface area contributed by atoms with E-state index in [-0.39, 0.29) is 12.1 Å². The van der Waals surface area contributed by atoms with Crippen molar-refractivity contribution in [3.05, 3.63) is 33.3 Å². The maximum Gasteiger partial charge on any atom is 0.0896 e. The third-order valence-electron chi connectivity index (χ3n) is 4.07. The van der Waals surface area contributed by atoms with Gasteiger partial charge in [-0.05, 0) is 53.5 Å². The minimum Gasteiger partial charge on any atom is -0.374 e. The van der Waals surface area contributed by atoms with Crippen molar-refractivity contribution in [3.63, 3.8) is 0 Å². The number of benzene rings is 1. The van der Waals surface area contributed by atoms with E-state index in [0.29, 0.717) is 6.04 Å². The van der Waals surface area contributed by atoms with E-state index in [0.717, 1.165) is 29.2 Å². The molecule has 0 aromatic heterocycles. The minimum absolute atomic E-state index is 0.197. The molecule has 5 heteroatoms. The van der Waals surface area contributed by atoms with Crippen LogP contribution >= 0.6 is 27.5 Å². The second-order valence-corrected chi connectivity index (χ2v) is 6.95. The molecule has 0 bridgehead atoms. The van der Waals surface area contributed by atoms with Gasteiger partial charge in [-0.3, -0.25) is 4.90 Å². The Labute approximate surface area is 133 Å². The Kier molecular flexibility index (Phi) is 4.68. The summed E-state index contributed by atoms with van der Waals surface area (Å²) in [5, 5.41) is 4.33. The molecule has 2 fully saturated rings. The van der Waals surface area contributed by atoms with Crippen molar-refractivity contribution in [2.75, 3.05) is 26.7 Å². The molecule has 1 aliphatic heterocycles. The van der Waals surface area contributed by atoms with E-state index in [2.05, 4.69) is 45.3 Å². The van der Waals surface area contributed by atoms with Gasteiger partial charge in [0.1, 0.15) is 0 Å². The largest absolute Gasteiger partial charge is 0.374 e. The molecule has 1 aromatic carbocycles. The Hall–Kier alpha value is -0.130. The Balaban J connectivity index is 1.78. The molecule has 3 nitrogen and oxygen atoms in total. The molecule has 1 N–H and O–H groups in total. The van der Waals surface area contributed by atoms with E-state index in [1.54, 1.807) is 0 Å². The van der Waals surface area contributed by atoms with Crippen LogP contribution in [0.4, 0.5) is 0 Å². The predicted molar refractivity (Wildman–Crippen MR) is 85.3 cm³/mol. The highest BCUT2D eigenvalue weighted by Crippen LogP contribution is 2.33. The normalized spacial score (nSPS) is 27.8. The molecule has 0 spiro atoms. The number of likely N-dealkylation sites (N-methyl/N-ethyl adjacent to an activating group) is 1. The summed E-state index contributed by atoms with van der Waals surface area (Å²) in [5.41, 5.74) is 1.26. The van der Waals surface area contributed by atoms with Crippen molar-refractivity contribution in [1.82, 2.24) is 10.2 Å². The van der Waals surface area contributed by atoms with Crippen molar-refractivity contribution < 1.29 is 4.74 Å². The molecule has 3 rings (SSSR count). The topological polar surface area (TPSA) is 24.5 Å². The molecule has 2 atom stereocenters. The molecule has 110 valence electrons. The highest BCUT2D eigenvalue weighted by molar-refractivity contribution is 9.10. The summed E-state index contributed by atoms with van der Waals surface area (Å²) in [6.45, 7) is 2.68. The minimum atomic E-state index is 0.197. The molecule has 20 heavy (non-hydrogen) atoms. The van der Waals surface area contributed by atoms with E-state index in [4.69, 9.17) is 16.3 Å². The zero-order chi connectivity index (χ0) is 14.1. The van der Waals surface area contributed by atoms with Crippen LogP contribution in [0, 0.1) is 0 Å². The average molecular weight is 360 g/mol. The summed E-state index contributed by atoms with van der Waals surface area (Å²) in [4.78, 5) is 2.37. The summed E-state index contributed by atoms with van der Waals surface area (Å²) in [6, 6.07) is 7.16. The van der Waals surface area contributed by atoms with Gasteiger partial charge < -0.3 is 10.1 Å². The lowest BCUT2D eigenvalue weighted by molar-refractivity contribution is -0.0615. The van der Waals surface area contributed by atoms with Gasteiger partial charge in [-0.2, -0.15) is 0 Å². The molecule has 1 saturated heterocycles. The number of hydrogen-bond acceptors (Lipinski definition) is 3. The van der Waals surface area contributed by atoms with Gasteiger partial charge in [-0.1, -0.05) is 17.7 Å². The SMILES string of the molecule is CN1CCOC(CNC2CC2)C1c1ccc(Cl)c(Br)c1. The molecule has 1 aromatic rings. The van der Waals surface area contributed by atoms with E-state index < -0.39 is 0 Å². The van der Waals surface area contributed by atoms with Gasteiger partial charge >= 0.3 is 0 Å². The van der Waals surface area contributed by atoms with Crippen molar-refractivity contribution >= 4 is 27.5 Å². The van der Waals surface area contributed by atoms with Gasteiger partial charge in [0, 0.05) is 23.6 Å². The zero-order valence-corrected chi connectivity index (χ0v) is 14.0. The molecule has 1 heterocycles. The van der Waals surface area contributed by atoms with E-state index in [9.17, 15) is 0 Å². The van der Waals surface area contributed by atoms with E-state index >= 15 is 0 Å². The number of halogens is 2. The monoisotopic (exact) mass is 358 g/mol. The Morgan fingerprint density at radius 2 is 2.25 bits per heavy atom. The van der Waals surface area contributed by atoms with Crippen molar-refractivity contribution in [2.45, 2.75) is 31.0 Å². The van der Waals surface area contributed by atoms with E-state index in [1.807, 2.05) is 6.07 Å². The van der Waals surface area contributed by atoms with Crippen LogP contribution in [0.15, 0.2) is 22.7 Å². The number of nitrogens with zero attached hydrogens (tertiary/aromatic N) is 1. The number of rotatable bonds is 4. The molecule has 0 radical (unpaired) electrons. The number of morpholine rings is 1. The fourth-order valence-electron chi connectivity index (χ4n) is 2.77. The average Bonchev–Trinajstić information content (AvgIpc) is 3.24.